The maximum absolute atomic E-state index is 12.3. The quantitative estimate of drug-likeness (QED) is 0.531. The molecule has 0 spiro atoms. The van der Waals surface area contributed by atoms with Crippen LogP contribution in [0.5, 0.6) is 11.5 Å². The second-order valence-corrected chi connectivity index (χ2v) is 5.57. The molecule has 0 aliphatic rings. The van der Waals surface area contributed by atoms with Crippen molar-refractivity contribution in [2.24, 2.45) is 0 Å². The van der Waals surface area contributed by atoms with E-state index in [4.69, 9.17) is 4.74 Å². The molecule has 3 heteroatoms. The summed E-state index contributed by atoms with van der Waals surface area (Å²) < 4.78 is 5.03. The molecule has 3 aromatic rings. The maximum Gasteiger partial charge on any atom is 0.185 e. The van der Waals surface area contributed by atoms with E-state index < -0.39 is 0 Å². The highest BCUT2D eigenvalue weighted by Gasteiger charge is 2.07. The number of benzene rings is 3. The molecule has 1 N–H and O–H groups in total. The molecule has 0 aromatic heterocycles. The molecular weight excluding hydrogens is 312 g/mol. The molecule has 124 valence electrons. The SMILES string of the molecule is COc1cc(C(=O)/C=C/c2ccc(-c3ccccc3)cc2)ccc1O. The van der Waals surface area contributed by atoms with Gasteiger partial charge in [0.1, 0.15) is 0 Å². The molecule has 0 radical (unpaired) electrons. The molecule has 3 nitrogen and oxygen atoms in total. The first-order valence-electron chi connectivity index (χ1n) is 7.92. The van der Waals surface area contributed by atoms with Crippen molar-refractivity contribution in [1.29, 1.82) is 0 Å². The summed E-state index contributed by atoms with van der Waals surface area (Å²) in [6, 6.07) is 22.7. The van der Waals surface area contributed by atoms with E-state index in [9.17, 15) is 9.90 Å². The number of ketones is 1. The van der Waals surface area contributed by atoms with E-state index in [-0.39, 0.29) is 17.3 Å². The van der Waals surface area contributed by atoms with E-state index in [1.807, 2.05) is 42.5 Å². The van der Waals surface area contributed by atoms with Gasteiger partial charge in [-0.3, -0.25) is 4.79 Å². The lowest BCUT2D eigenvalue weighted by molar-refractivity contribution is 0.104. The fraction of sp³-hybridized carbons (Fsp3) is 0.0455. The zero-order valence-corrected chi connectivity index (χ0v) is 13.8. The lowest BCUT2D eigenvalue weighted by Gasteiger charge is -2.04. The molecule has 0 fully saturated rings. The lowest BCUT2D eigenvalue weighted by atomic mass is 10.0. The zero-order chi connectivity index (χ0) is 17.6. The van der Waals surface area contributed by atoms with E-state index in [1.54, 1.807) is 12.1 Å². The van der Waals surface area contributed by atoms with Crippen molar-refractivity contribution in [1.82, 2.24) is 0 Å². The molecular formula is C22H18O3. The molecule has 0 amide bonds. The molecule has 0 saturated heterocycles. The van der Waals surface area contributed by atoms with Gasteiger partial charge in [-0.1, -0.05) is 60.7 Å². The van der Waals surface area contributed by atoms with Gasteiger partial charge >= 0.3 is 0 Å². The molecule has 0 unspecified atom stereocenters. The van der Waals surface area contributed by atoms with Crippen molar-refractivity contribution >= 4 is 11.9 Å². The van der Waals surface area contributed by atoms with Gasteiger partial charge in [0.05, 0.1) is 7.11 Å². The van der Waals surface area contributed by atoms with Gasteiger partial charge < -0.3 is 9.84 Å². The Labute approximate surface area is 146 Å². The average molecular weight is 330 g/mol. The number of ether oxygens (including phenoxy) is 1. The Kier molecular flexibility index (Phi) is 4.95. The minimum atomic E-state index is -0.148. The van der Waals surface area contributed by atoms with Crippen molar-refractivity contribution < 1.29 is 14.6 Å². The molecule has 3 aromatic carbocycles. The number of phenols is 1. The number of hydrogen-bond donors (Lipinski definition) is 1. The summed E-state index contributed by atoms with van der Waals surface area (Å²) in [6.45, 7) is 0. The Morgan fingerprint density at radius 1 is 0.920 bits per heavy atom. The molecule has 25 heavy (non-hydrogen) atoms. The Bertz CT molecular complexity index is 894. The van der Waals surface area contributed by atoms with E-state index in [2.05, 4.69) is 12.1 Å². The number of allylic oxidation sites excluding steroid dienone is 1. The van der Waals surface area contributed by atoms with Crippen molar-refractivity contribution in [3.8, 4) is 22.6 Å². The number of carbonyl (C=O) groups is 1. The average Bonchev–Trinajstić information content (AvgIpc) is 2.67. The van der Waals surface area contributed by atoms with Crippen LogP contribution in [0.3, 0.4) is 0 Å². The normalized spacial score (nSPS) is 10.8. The second kappa shape index (κ2) is 7.49. The number of phenolic OH excluding ortho intramolecular Hbond substituents is 1. The molecule has 0 aliphatic heterocycles. The van der Waals surface area contributed by atoms with Gasteiger partial charge in [-0.25, -0.2) is 0 Å². The van der Waals surface area contributed by atoms with Gasteiger partial charge in [0, 0.05) is 5.56 Å². The highest BCUT2D eigenvalue weighted by molar-refractivity contribution is 6.07. The number of methoxy groups -OCH3 is 1. The number of aromatic hydroxyl groups is 1. The van der Waals surface area contributed by atoms with Crippen LogP contribution in [0.25, 0.3) is 17.2 Å². The second-order valence-electron chi connectivity index (χ2n) is 5.57. The van der Waals surface area contributed by atoms with Crippen molar-refractivity contribution in [3.05, 3.63) is 90.0 Å². The Morgan fingerprint density at radius 2 is 1.60 bits per heavy atom. The summed E-state index contributed by atoms with van der Waals surface area (Å²) in [5.74, 6) is 0.149. The zero-order valence-electron chi connectivity index (χ0n) is 13.8. The van der Waals surface area contributed by atoms with Gasteiger partial charge in [-0.15, -0.1) is 0 Å². The van der Waals surface area contributed by atoms with Gasteiger partial charge in [0.2, 0.25) is 0 Å². The Morgan fingerprint density at radius 3 is 2.28 bits per heavy atom. The number of rotatable bonds is 5. The van der Waals surface area contributed by atoms with E-state index in [1.165, 1.54) is 25.3 Å². The van der Waals surface area contributed by atoms with Crippen LogP contribution in [-0.4, -0.2) is 18.0 Å². The summed E-state index contributed by atoms with van der Waals surface area (Å²) in [5.41, 5.74) is 3.70. The predicted molar refractivity (Wildman–Crippen MR) is 99.9 cm³/mol. The minimum Gasteiger partial charge on any atom is -0.504 e. The van der Waals surface area contributed by atoms with Crippen LogP contribution >= 0.6 is 0 Å². The first-order valence-corrected chi connectivity index (χ1v) is 7.92. The molecule has 3 rings (SSSR count). The lowest BCUT2D eigenvalue weighted by Crippen LogP contribution is -1.95. The number of hydrogen-bond acceptors (Lipinski definition) is 3. The van der Waals surface area contributed by atoms with E-state index >= 15 is 0 Å². The van der Waals surface area contributed by atoms with Crippen LogP contribution < -0.4 is 4.74 Å². The van der Waals surface area contributed by atoms with Crippen LogP contribution in [0.2, 0.25) is 0 Å². The van der Waals surface area contributed by atoms with Crippen LogP contribution in [-0.2, 0) is 0 Å². The molecule has 0 saturated carbocycles. The van der Waals surface area contributed by atoms with Gasteiger partial charge in [0.25, 0.3) is 0 Å². The summed E-state index contributed by atoms with van der Waals surface area (Å²) in [7, 11) is 1.45. The third kappa shape index (κ3) is 3.96. The fourth-order valence-corrected chi connectivity index (χ4v) is 2.52. The van der Waals surface area contributed by atoms with Crippen LogP contribution in [0.15, 0.2) is 78.9 Å². The first kappa shape index (κ1) is 16.5. The highest BCUT2D eigenvalue weighted by Crippen LogP contribution is 2.26. The van der Waals surface area contributed by atoms with E-state index in [0.29, 0.717) is 5.56 Å². The van der Waals surface area contributed by atoms with Crippen molar-refractivity contribution in [3.63, 3.8) is 0 Å². The molecule has 0 aliphatic carbocycles. The summed E-state index contributed by atoms with van der Waals surface area (Å²) in [4.78, 5) is 12.3. The monoisotopic (exact) mass is 330 g/mol. The molecule has 0 bridgehead atoms. The Hall–Kier alpha value is -3.33. The smallest absolute Gasteiger partial charge is 0.185 e. The van der Waals surface area contributed by atoms with E-state index in [0.717, 1.165) is 16.7 Å². The third-order valence-corrected chi connectivity index (χ3v) is 3.91. The molecule has 0 heterocycles. The predicted octanol–water partition coefficient (Wildman–Crippen LogP) is 4.96. The topological polar surface area (TPSA) is 46.5 Å². The van der Waals surface area contributed by atoms with Crippen LogP contribution in [0, 0.1) is 0 Å². The summed E-state index contributed by atoms with van der Waals surface area (Å²) in [5, 5.41) is 9.59. The van der Waals surface area contributed by atoms with Crippen LogP contribution in [0.4, 0.5) is 0 Å². The third-order valence-electron chi connectivity index (χ3n) is 3.91. The van der Waals surface area contributed by atoms with Gasteiger partial charge in [-0.05, 0) is 41.0 Å². The summed E-state index contributed by atoms with van der Waals surface area (Å²) in [6.07, 6.45) is 3.29. The fourth-order valence-electron chi connectivity index (χ4n) is 2.52. The minimum absolute atomic E-state index is 0.0135. The van der Waals surface area contributed by atoms with Crippen LogP contribution in [0.1, 0.15) is 15.9 Å². The maximum atomic E-state index is 12.3. The largest absolute Gasteiger partial charge is 0.504 e. The standard InChI is InChI=1S/C22H18O3/c1-25-22-15-19(12-14-21(22)24)20(23)13-9-16-7-10-18(11-8-16)17-5-3-2-4-6-17/h2-15,24H,1H3/b13-9+. The summed E-state index contributed by atoms with van der Waals surface area (Å²) >= 11 is 0. The Balaban J connectivity index is 1.74. The van der Waals surface area contributed by atoms with Crippen molar-refractivity contribution in [2.45, 2.75) is 0 Å². The van der Waals surface area contributed by atoms with Crippen molar-refractivity contribution in [2.75, 3.05) is 7.11 Å². The van der Waals surface area contributed by atoms with Gasteiger partial charge in [-0.2, -0.15) is 0 Å². The molecule has 0 atom stereocenters. The van der Waals surface area contributed by atoms with Gasteiger partial charge in [0.15, 0.2) is 17.3 Å². The highest BCUT2D eigenvalue weighted by atomic mass is 16.5. The first-order chi connectivity index (χ1) is 12.2. The number of carbonyl (C=O) groups excluding carboxylic acids is 1.